The molecule has 1 atom stereocenters. The third kappa shape index (κ3) is 2.17. The first-order valence-electron chi connectivity index (χ1n) is 3.73. The summed E-state index contributed by atoms with van der Waals surface area (Å²) >= 11 is 1.49. The molecule has 4 heteroatoms. The highest BCUT2D eigenvalue weighted by atomic mass is 32.1. The summed E-state index contributed by atoms with van der Waals surface area (Å²) < 4.78 is 4.52. The van der Waals surface area contributed by atoms with E-state index in [4.69, 9.17) is 5.73 Å². The molecule has 0 fully saturated rings. The predicted octanol–water partition coefficient (Wildman–Crippen LogP) is 1.48. The van der Waals surface area contributed by atoms with Gasteiger partial charge in [-0.15, -0.1) is 11.3 Å². The lowest BCUT2D eigenvalue weighted by Crippen LogP contribution is -2.18. The van der Waals surface area contributed by atoms with E-state index in [1.807, 2.05) is 17.5 Å². The van der Waals surface area contributed by atoms with Gasteiger partial charge in [-0.05, 0) is 11.4 Å². The quantitative estimate of drug-likeness (QED) is 0.589. The van der Waals surface area contributed by atoms with Crippen LogP contribution in [0.25, 0.3) is 0 Å². The predicted molar refractivity (Wildman–Crippen MR) is 52.4 cm³/mol. The smallest absolute Gasteiger partial charge is 0.335 e. The summed E-state index contributed by atoms with van der Waals surface area (Å²) in [6.45, 7) is 3.59. The molecule has 13 heavy (non-hydrogen) atoms. The van der Waals surface area contributed by atoms with Gasteiger partial charge in [0.05, 0.1) is 18.7 Å². The Labute approximate surface area is 80.8 Å². The third-order valence-corrected chi connectivity index (χ3v) is 2.63. The van der Waals surface area contributed by atoms with Crippen molar-refractivity contribution in [1.82, 2.24) is 0 Å². The molecule has 2 N–H and O–H groups in total. The first kappa shape index (κ1) is 9.95. The molecule has 3 nitrogen and oxygen atoms in total. The van der Waals surface area contributed by atoms with Crippen molar-refractivity contribution in [2.75, 3.05) is 7.11 Å². The van der Waals surface area contributed by atoms with Crippen LogP contribution >= 0.6 is 11.3 Å². The lowest BCUT2D eigenvalue weighted by atomic mass is 10.1. The second kappa shape index (κ2) is 4.20. The van der Waals surface area contributed by atoms with Crippen molar-refractivity contribution in [2.24, 2.45) is 5.73 Å². The molecule has 0 aliphatic heterocycles. The molecule has 1 rings (SSSR count). The average Bonchev–Trinajstić information content (AvgIpc) is 2.67. The molecule has 0 aliphatic rings. The fourth-order valence-electron chi connectivity index (χ4n) is 0.898. The molecule has 70 valence electrons. The number of hydrogen-bond acceptors (Lipinski definition) is 4. The van der Waals surface area contributed by atoms with Crippen molar-refractivity contribution < 1.29 is 9.53 Å². The number of ether oxygens (including phenoxy) is 1. The summed E-state index contributed by atoms with van der Waals surface area (Å²) in [6.07, 6.45) is 0. The molecule has 0 saturated carbocycles. The largest absolute Gasteiger partial charge is 0.466 e. The summed E-state index contributed by atoms with van der Waals surface area (Å²) in [6, 6.07) is 3.29. The number of carbonyl (C=O) groups excluding carboxylic acids is 1. The van der Waals surface area contributed by atoms with Crippen molar-refractivity contribution in [3.63, 3.8) is 0 Å². The second-order valence-electron chi connectivity index (χ2n) is 2.51. The number of nitrogens with two attached hydrogens (primary N) is 1. The summed E-state index contributed by atoms with van der Waals surface area (Å²) in [5, 5.41) is 1.90. The van der Waals surface area contributed by atoms with Crippen molar-refractivity contribution >= 4 is 17.3 Å². The van der Waals surface area contributed by atoms with Crippen LogP contribution in [0.2, 0.25) is 0 Å². The number of methoxy groups -OCH3 is 1. The number of rotatable bonds is 3. The van der Waals surface area contributed by atoms with Crippen LogP contribution in [-0.2, 0) is 9.53 Å². The van der Waals surface area contributed by atoms with Crippen LogP contribution in [0.15, 0.2) is 29.7 Å². The molecule has 0 aliphatic carbocycles. The second-order valence-corrected chi connectivity index (χ2v) is 3.49. The van der Waals surface area contributed by atoms with Gasteiger partial charge in [0.2, 0.25) is 0 Å². The Kier molecular flexibility index (Phi) is 3.22. The van der Waals surface area contributed by atoms with E-state index in [9.17, 15) is 4.79 Å². The van der Waals surface area contributed by atoms with Crippen molar-refractivity contribution in [2.45, 2.75) is 6.04 Å². The normalized spacial score (nSPS) is 12.2. The molecule has 1 aromatic heterocycles. The summed E-state index contributed by atoms with van der Waals surface area (Å²) in [5.74, 6) is -0.457. The highest BCUT2D eigenvalue weighted by Crippen LogP contribution is 2.22. The molecule has 0 radical (unpaired) electrons. The minimum Gasteiger partial charge on any atom is -0.466 e. The zero-order valence-corrected chi connectivity index (χ0v) is 8.14. The van der Waals surface area contributed by atoms with Gasteiger partial charge in [-0.2, -0.15) is 0 Å². The van der Waals surface area contributed by atoms with Gasteiger partial charge in [-0.1, -0.05) is 12.6 Å². The summed E-state index contributed by atoms with van der Waals surface area (Å²) in [4.78, 5) is 12.0. The van der Waals surface area contributed by atoms with E-state index in [-0.39, 0.29) is 5.57 Å². The van der Waals surface area contributed by atoms with Gasteiger partial charge >= 0.3 is 5.97 Å². The summed E-state index contributed by atoms with van der Waals surface area (Å²) in [5.41, 5.74) is 6.05. The highest BCUT2D eigenvalue weighted by molar-refractivity contribution is 7.10. The maximum atomic E-state index is 11.1. The Bertz CT molecular complexity index is 305. The maximum Gasteiger partial charge on any atom is 0.335 e. The molecule has 0 spiro atoms. The molecule has 1 aromatic rings. The third-order valence-electron chi connectivity index (χ3n) is 1.67. The zero-order chi connectivity index (χ0) is 9.84. The number of hydrogen-bond donors (Lipinski definition) is 1. The maximum absolute atomic E-state index is 11.1. The van der Waals surface area contributed by atoms with Gasteiger partial charge in [-0.3, -0.25) is 0 Å². The highest BCUT2D eigenvalue weighted by Gasteiger charge is 2.17. The molecule has 0 amide bonds. The summed E-state index contributed by atoms with van der Waals surface area (Å²) in [7, 11) is 1.31. The monoisotopic (exact) mass is 197 g/mol. The first-order valence-corrected chi connectivity index (χ1v) is 4.61. The minimum atomic E-state index is -0.457. The Morgan fingerprint density at radius 3 is 2.92 bits per heavy atom. The van der Waals surface area contributed by atoms with Gasteiger partial charge in [0, 0.05) is 4.88 Å². The minimum absolute atomic E-state index is 0.282. The van der Waals surface area contributed by atoms with E-state index in [1.54, 1.807) is 0 Å². The number of carbonyl (C=O) groups is 1. The average molecular weight is 197 g/mol. The lowest BCUT2D eigenvalue weighted by molar-refractivity contribution is -0.136. The lowest BCUT2D eigenvalue weighted by Gasteiger charge is -2.10. The molecule has 1 heterocycles. The fraction of sp³-hybridized carbons (Fsp3) is 0.222. The Balaban J connectivity index is 2.74. The standard InChI is InChI=1S/C9H11NO2S/c1-6(9(11)12-2)8(10)7-4-3-5-13-7/h3-5,8H,1,10H2,2H3. The fourth-order valence-corrected chi connectivity index (χ4v) is 1.66. The number of thiophene rings is 1. The van der Waals surface area contributed by atoms with Crippen LogP contribution < -0.4 is 5.73 Å². The van der Waals surface area contributed by atoms with Crippen LogP contribution in [0.1, 0.15) is 10.9 Å². The van der Waals surface area contributed by atoms with E-state index in [2.05, 4.69) is 11.3 Å². The molecular weight excluding hydrogens is 186 g/mol. The zero-order valence-electron chi connectivity index (χ0n) is 7.32. The topological polar surface area (TPSA) is 52.3 Å². The van der Waals surface area contributed by atoms with Crippen LogP contribution in [0, 0.1) is 0 Å². The van der Waals surface area contributed by atoms with Crippen LogP contribution in [0.5, 0.6) is 0 Å². The molecular formula is C9H11NO2S. The van der Waals surface area contributed by atoms with Gasteiger partial charge in [0.1, 0.15) is 0 Å². The van der Waals surface area contributed by atoms with Gasteiger partial charge < -0.3 is 10.5 Å². The Morgan fingerprint density at radius 2 is 2.46 bits per heavy atom. The molecule has 1 unspecified atom stereocenters. The molecule has 0 saturated heterocycles. The van der Waals surface area contributed by atoms with Crippen LogP contribution in [-0.4, -0.2) is 13.1 Å². The van der Waals surface area contributed by atoms with Gasteiger partial charge in [-0.25, -0.2) is 4.79 Å². The van der Waals surface area contributed by atoms with Crippen LogP contribution in [0.3, 0.4) is 0 Å². The molecule has 0 bridgehead atoms. The van der Waals surface area contributed by atoms with E-state index < -0.39 is 12.0 Å². The van der Waals surface area contributed by atoms with E-state index in [1.165, 1.54) is 18.4 Å². The van der Waals surface area contributed by atoms with Gasteiger partial charge in [0.25, 0.3) is 0 Å². The van der Waals surface area contributed by atoms with E-state index in [0.717, 1.165) is 4.88 Å². The van der Waals surface area contributed by atoms with Crippen molar-refractivity contribution in [3.8, 4) is 0 Å². The van der Waals surface area contributed by atoms with Crippen molar-refractivity contribution in [3.05, 3.63) is 34.5 Å². The Morgan fingerprint density at radius 1 is 1.77 bits per heavy atom. The van der Waals surface area contributed by atoms with E-state index >= 15 is 0 Å². The number of esters is 1. The van der Waals surface area contributed by atoms with Gasteiger partial charge in [0.15, 0.2) is 0 Å². The van der Waals surface area contributed by atoms with Crippen molar-refractivity contribution in [1.29, 1.82) is 0 Å². The van der Waals surface area contributed by atoms with E-state index in [0.29, 0.717) is 0 Å². The van der Waals surface area contributed by atoms with Crippen LogP contribution in [0.4, 0.5) is 0 Å². The Hall–Kier alpha value is -1.13. The molecule has 0 aromatic carbocycles. The first-order chi connectivity index (χ1) is 6.16. The SMILES string of the molecule is C=C(C(=O)OC)C(N)c1cccs1.